The molecule has 0 aliphatic heterocycles. The summed E-state index contributed by atoms with van der Waals surface area (Å²) in [6, 6.07) is 4.44. The molecule has 0 radical (unpaired) electrons. The Morgan fingerprint density at radius 1 is 1.32 bits per heavy atom. The van der Waals surface area contributed by atoms with Crippen LogP contribution in [0.25, 0.3) is 0 Å². The molecule has 0 saturated carbocycles. The van der Waals surface area contributed by atoms with Gasteiger partial charge in [0.1, 0.15) is 10.6 Å². The number of nitrogens with one attached hydrogen (secondary N) is 2. The normalized spacial score (nSPS) is 11.5. The van der Waals surface area contributed by atoms with E-state index < -0.39 is 10.0 Å². The molecule has 5 nitrogen and oxygen atoms in total. The summed E-state index contributed by atoms with van der Waals surface area (Å²) in [6.07, 6.45) is 0.725. The summed E-state index contributed by atoms with van der Waals surface area (Å²) < 4.78 is 31.8. The van der Waals surface area contributed by atoms with Gasteiger partial charge in [-0.2, -0.15) is 0 Å². The van der Waals surface area contributed by atoms with Crippen LogP contribution in [0.1, 0.15) is 13.3 Å². The predicted octanol–water partition coefficient (Wildman–Crippen LogP) is 1.63. The van der Waals surface area contributed by atoms with Crippen molar-refractivity contribution < 1.29 is 13.2 Å². The van der Waals surface area contributed by atoms with E-state index in [1.807, 2.05) is 6.92 Å². The second kappa shape index (κ2) is 7.69. The standard InChI is InChI=1S/C12H19ClN2O3S/c1-3-14-7-4-8-15-19(16,17)12-6-5-10(13)9-11(12)18-2/h5-6,9,14-15H,3-4,7-8H2,1-2H3. The van der Waals surface area contributed by atoms with E-state index in [2.05, 4.69) is 10.0 Å². The number of hydrogen-bond donors (Lipinski definition) is 2. The van der Waals surface area contributed by atoms with Gasteiger partial charge in [-0.3, -0.25) is 0 Å². The SMILES string of the molecule is CCNCCCNS(=O)(=O)c1ccc(Cl)cc1OC. The van der Waals surface area contributed by atoms with Gasteiger partial charge >= 0.3 is 0 Å². The van der Waals surface area contributed by atoms with Crippen molar-refractivity contribution in [2.24, 2.45) is 0 Å². The van der Waals surface area contributed by atoms with Crippen LogP contribution in [-0.4, -0.2) is 35.2 Å². The van der Waals surface area contributed by atoms with Gasteiger partial charge in [-0.1, -0.05) is 18.5 Å². The molecule has 1 aromatic rings. The van der Waals surface area contributed by atoms with Crippen LogP contribution in [0.4, 0.5) is 0 Å². The maximum Gasteiger partial charge on any atom is 0.244 e. The first-order valence-electron chi connectivity index (χ1n) is 6.05. The van der Waals surface area contributed by atoms with Gasteiger partial charge in [-0.15, -0.1) is 0 Å². The third-order valence-electron chi connectivity index (χ3n) is 2.49. The molecule has 0 aliphatic rings. The first-order valence-corrected chi connectivity index (χ1v) is 7.91. The average Bonchev–Trinajstić information content (AvgIpc) is 2.38. The molecule has 0 saturated heterocycles. The lowest BCUT2D eigenvalue weighted by Crippen LogP contribution is -2.27. The highest BCUT2D eigenvalue weighted by Crippen LogP contribution is 2.26. The number of methoxy groups -OCH3 is 1. The average molecular weight is 307 g/mol. The number of sulfonamides is 1. The summed E-state index contributed by atoms with van der Waals surface area (Å²) >= 11 is 5.80. The largest absolute Gasteiger partial charge is 0.495 e. The third kappa shape index (κ3) is 4.99. The fraction of sp³-hybridized carbons (Fsp3) is 0.500. The van der Waals surface area contributed by atoms with Crippen LogP contribution in [0.2, 0.25) is 5.02 Å². The van der Waals surface area contributed by atoms with E-state index in [0.717, 1.165) is 19.5 Å². The molecular weight excluding hydrogens is 288 g/mol. The van der Waals surface area contributed by atoms with E-state index in [9.17, 15) is 8.42 Å². The fourth-order valence-electron chi connectivity index (χ4n) is 1.54. The van der Waals surface area contributed by atoms with Crippen molar-refractivity contribution in [1.82, 2.24) is 10.0 Å². The van der Waals surface area contributed by atoms with E-state index in [4.69, 9.17) is 16.3 Å². The summed E-state index contributed by atoms with van der Waals surface area (Å²) in [5, 5.41) is 3.56. The quantitative estimate of drug-likeness (QED) is 0.716. The lowest BCUT2D eigenvalue weighted by atomic mass is 10.3. The number of benzene rings is 1. The molecule has 0 aliphatic carbocycles. The monoisotopic (exact) mass is 306 g/mol. The van der Waals surface area contributed by atoms with Crippen LogP contribution in [0, 0.1) is 0 Å². The minimum Gasteiger partial charge on any atom is -0.495 e. The molecule has 2 N–H and O–H groups in total. The first kappa shape index (κ1) is 16.2. The molecule has 0 aromatic heterocycles. The highest BCUT2D eigenvalue weighted by molar-refractivity contribution is 7.89. The summed E-state index contributed by atoms with van der Waals surface area (Å²) in [5.41, 5.74) is 0. The van der Waals surface area contributed by atoms with Crippen molar-refractivity contribution in [3.63, 3.8) is 0 Å². The highest BCUT2D eigenvalue weighted by Gasteiger charge is 2.18. The van der Waals surface area contributed by atoms with Gasteiger partial charge in [0.15, 0.2) is 0 Å². The lowest BCUT2D eigenvalue weighted by molar-refractivity contribution is 0.402. The molecule has 0 spiro atoms. The fourth-order valence-corrected chi connectivity index (χ4v) is 2.92. The van der Waals surface area contributed by atoms with Gasteiger partial charge in [0.25, 0.3) is 0 Å². The zero-order valence-electron chi connectivity index (χ0n) is 11.1. The van der Waals surface area contributed by atoms with Crippen LogP contribution in [0.3, 0.4) is 0 Å². The molecule has 0 bridgehead atoms. The number of hydrogen-bond acceptors (Lipinski definition) is 4. The Balaban J connectivity index is 2.72. The summed E-state index contributed by atoms with van der Waals surface area (Å²) in [5.74, 6) is 0.242. The van der Waals surface area contributed by atoms with Crippen molar-refractivity contribution in [3.8, 4) is 5.75 Å². The van der Waals surface area contributed by atoms with Crippen molar-refractivity contribution in [3.05, 3.63) is 23.2 Å². The Labute approximate surface area is 119 Å². The van der Waals surface area contributed by atoms with E-state index >= 15 is 0 Å². The smallest absolute Gasteiger partial charge is 0.244 e. The molecule has 0 fully saturated rings. The van der Waals surface area contributed by atoms with Gasteiger partial charge in [0.2, 0.25) is 10.0 Å². The third-order valence-corrected chi connectivity index (χ3v) is 4.22. The zero-order chi connectivity index (χ0) is 14.3. The number of ether oxygens (including phenoxy) is 1. The Morgan fingerprint density at radius 2 is 2.05 bits per heavy atom. The number of halogens is 1. The molecule has 7 heteroatoms. The van der Waals surface area contributed by atoms with Gasteiger partial charge < -0.3 is 10.1 Å². The molecule has 0 unspecified atom stereocenters. The van der Waals surface area contributed by atoms with E-state index in [0.29, 0.717) is 11.6 Å². The second-order valence-corrected chi connectivity index (χ2v) is 6.07. The molecule has 19 heavy (non-hydrogen) atoms. The maximum absolute atomic E-state index is 12.1. The topological polar surface area (TPSA) is 67.4 Å². The van der Waals surface area contributed by atoms with Gasteiger partial charge in [-0.25, -0.2) is 13.1 Å². The van der Waals surface area contributed by atoms with Gasteiger partial charge in [0, 0.05) is 17.6 Å². The number of rotatable bonds is 8. The van der Waals surface area contributed by atoms with Crippen LogP contribution in [-0.2, 0) is 10.0 Å². The summed E-state index contributed by atoms with van der Waals surface area (Å²) in [4.78, 5) is 0.0999. The Hall–Kier alpha value is -0.820. The molecule has 108 valence electrons. The van der Waals surface area contributed by atoms with E-state index in [1.165, 1.54) is 25.3 Å². The minimum absolute atomic E-state index is 0.0999. The molecule has 0 amide bonds. The molecule has 1 aromatic carbocycles. The van der Waals surface area contributed by atoms with Crippen molar-refractivity contribution in [1.29, 1.82) is 0 Å². The Morgan fingerprint density at radius 3 is 2.68 bits per heavy atom. The van der Waals surface area contributed by atoms with Crippen LogP contribution >= 0.6 is 11.6 Å². The molecule has 0 heterocycles. The first-order chi connectivity index (χ1) is 9.01. The Kier molecular flexibility index (Phi) is 6.57. The van der Waals surface area contributed by atoms with Crippen molar-refractivity contribution in [2.45, 2.75) is 18.2 Å². The molecule has 0 atom stereocenters. The lowest BCUT2D eigenvalue weighted by Gasteiger charge is -2.11. The van der Waals surface area contributed by atoms with Gasteiger partial charge in [-0.05, 0) is 31.6 Å². The maximum atomic E-state index is 12.1. The highest BCUT2D eigenvalue weighted by atomic mass is 35.5. The van der Waals surface area contributed by atoms with E-state index in [-0.39, 0.29) is 10.6 Å². The van der Waals surface area contributed by atoms with Crippen LogP contribution in [0.15, 0.2) is 23.1 Å². The van der Waals surface area contributed by atoms with Gasteiger partial charge in [0.05, 0.1) is 7.11 Å². The molecule has 1 rings (SSSR count). The van der Waals surface area contributed by atoms with Crippen molar-refractivity contribution >= 4 is 21.6 Å². The van der Waals surface area contributed by atoms with Crippen LogP contribution in [0.5, 0.6) is 5.75 Å². The predicted molar refractivity (Wildman–Crippen MR) is 76.4 cm³/mol. The van der Waals surface area contributed by atoms with E-state index in [1.54, 1.807) is 0 Å². The summed E-state index contributed by atoms with van der Waals surface area (Å²) in [6.45, 7) is 4.03. The van der Waals surface area contributed by atoms with Crippen LogP contribution < -0.4 is 14.8 Å². The second-order valence-electron chi connectivity index (χ2n) is 3.90. The molecular formula is C12H19ClN2O3S. The minimum atomic E-state index is -3.57. The van der Waals surface area contributed by atoms with Crippen molar-refractivity contribution in [2.75, 3.05) is 26.7 Å². The zero-order valence-corrected chi connectivity index (χ0v) is 12.6. The Bertz CT molecular complexity index is 506. The summed E-state index contributed by atoms with van der Waals surface area (Å²) in [7, 11) is -2.16.